The Balaban J connectivity index is 1.31. The first kappa shape index (κ1) is 19.9. The molecule has 30 heavy (non-hydrogen) atoms. The summed E-state index contributed by atoms with van der Waals surface area (Å²) in [6, 6.07) is 13.7. The second-order valence-corrected chi connectivity index (χ2v) is 7.55. The minimum atomic E-state index is -0.0917. The summed E-state index contributed by atoms with van der Waals surface area (Å²) >= 11 is 1.42. The van der Waals surface area contributed by atoms with Gasteiger partial charge in [-0.2, -0.15) is 0 Å². The van der Waals surface area contributed by atoms with E-state index in [0.717, 1.165) is 33.7 Å². The van der Waals surface area contributed by atoms with Gasteiger partial charge in [0.15, 0.2) is 0 Å². The van der Waals surface area contributed by atoms with Crippen LogP contribution in [0.15, 0.2) is 60.2 Å². The number of carbonyl (C=O) groups excluding carboxylic acids is 1. The number of nitrogens with one attached hydrogen (secondary N) is 4. The number of hydrogen-bond acceptors (Lipinski definition) is 6. The molecule has 0 fully saturated rings. The Morgan fingerprint density at radius 2 is 2.03 bits per heavy atom. The van der Waals surface area contributed by atoms with Crippen molar-refractivity contribution >= 4 is 39.7 Å². The zero-order valence-corrected chi connectivity index (χ0v) is 17.4. The van der Waals surface area contributed by atoms with Gasteiger partial charge in [0.1, 0.15) is 16.3 Å². The molecule has 0 bridgehead atoms. The number of rotatable bonds is 9. The summed E-state index contributed by atoms with van der Waals surface area (Å²) in [6.07, 6.45) is 3.59. The summed E-state index contributed by atoms with van der Waals surface area (Å²) in [5.41, 5.74) is 3.59. The van der Waals surface area contributed by atoms with Gasteiger partial charge in [-0.15, -0.1) is 11.3 Å². The molecule has 7 nitrogen and oxygen atoms in total. The van der Waals surface area contributed by atoms with Crippen LogP contribution in [0.3, 0.4) is 0 Å². The van der Waals surface area contributed by atoms with E-state index in [9.17, 15) is 4.79 Å². The van der Waals surface area contributed by atoms with Crippen molar-refractivity contribution in [3.05, 3.63) is 70.7 Å². The molecule has 4 aromatic rings. The molecule has 0 aliphatic carbocycles. The normalized spacial score (nSPS) is 10.8. The topological polar surface area (TPSA) is 91.1 Å². The summed E-state index contributed by atoms with van der Waals surface area (Å²) in [6.45, 7) is 1.87. The molecule has 3 aromatic heterocycles. The number of para-hydroxylation sites is 1. The summed E-state index contributed by atoms with van der Waals surface area (Å²) in [7, 11) is 1.67. The van der Waals surface area contributed by atoms with E-state index in [1.807, 2.05) is 54.0 Å². The molecular formula is C22H23N5O2S. The number of anilines is 2. The fourth-order valence-electron chi connectivity index (χ4n) is 3.22. The molecule has 0 aliphatic rings. The molecule has 0 aliphatic heterocycles. The Hall–Kier alpha value is -3.36. The predicted octanol–water partition coefficient (Wildman–Crippen LogP) is 3.90. The Kier molecular flexibility index (Phi) is 6.26. The lowest BCUT2D eigenvalue weighted by Gasteiger charge is -2.11. The highest BCUT2D eigenvalue weighted by molar-refractivity contribution is 7.12. The van der Waals surface area contributed by atoms with Gasteiger partial charge >= 0.3 is 0 Å². The number of amides is 1. The van der Waals surface area contributed by atoms with Crippen molar-refractivity contribution in [3.8, 4) is 5.75 Å². The van der Waals surface area contributed by atoms with E-state index < -0.39 is 0 Å². The van der Waals surface area contributed by atoms with Crippen LogP contribution in [0.1, 0.15) is 15.2 Å². The fourth-order valence-corrected chi connectivity index (χ4v) is 3.98. The Morgan fingerprint density at radius 1 is 1.13 bits per heavy atom. The average molecular weight is 422 g/mol. The van der Waals surface area contributed by atoms with Gasteiger partial charge in [0.2, 0.25) is 0 Å². The average Bonchev–Trinajstić information content (AvgIpc) is 3.43. The molecule has 8 heteroatoms. The third-order valence-corrected chi connectivity index (χ3v) is 5.61. The number of H-pyrrole nitrogens is 1. The van der Waals surface area contributed by atoms with E-state index in [2.05, 4.69) is 25.9 Å². The summed E-state index contributed by atoms with van der Waals surface area (Å²) in [4.78, 5) is 20.7. The monoisotopic (exact) mass is 421 g/mol. The molecule has 154 valence electrons. The third-order valence-electron chi connectivity index (χ3n) is 4.70. The van der Waals surface area contributed by atoms with Crippen LogP contribution in [-0.2, 0) is 6.54 Å². The summed E-state index contributed by atoms with van der Waals surface area (Å²) in [5.74, 6) is 0.766. The maximum Gasteiger partial charge on any atom is 0.263 e. The molecule has 0 saturated carbocycles. The van der Waals surface area contributed by atoms with Crippen LogP contribution in [0.2, 0.25) is 0 Å². The number of pyridine rings is 1. The molecule has 0 unspecified atom stereocenters. The molecule has 0 radical (unpaired) electrons. The van der Waals surface area contributed by atoms with Gasteiger partial charge in [-0.3, -0.25) is 4.79 Å². The highest BCUT2D eigenvalue weighted by Crippen LogP contribution is 2.29. The molecule has 4 N–H and O–H groups in total. The summed E-state index contributed by atoms with van der Waals surface area (Å²) < 4.78 is 5.35. The highest BCUT2D eigenvalue weighted by atomic mass is 32.1. The number of aromatic amines is 1. The van der Waals surface area contributed by atoms with Crippen molar-refractivity contribution in [1.29, 1.82) is 0 Å². The number of methoxy groups -OCH3 is 1. The van der Waals surface area contributed by atoms with Crippen molar-refractivity contribution < 1.29 is 9.53 Å². The second kappa shape index (κ2) is 9.43. The van der Waals surface area contributed by atoms with E-state index in [0.29, 0.717) is 24.5 Å². The minimum Gasteiger partial charge on any atom is -0.496 e. The first-order valence-corrected chi connectivity index (χ1v) is 10.5. The maximum absolute atomic E-state index is 12.7. The second-order valence-electron chi connectivity index (χ2n) is 6.63. The molecular weight excluding hydrogens is 398 g/mol. The number of benzene rings is 1. The largest absolute Gasteiger partial charge is 0.496 e. The lowest BCUT2D eigenvalue weighted by Crippen LogP contribution is -2.31. The van der Waals surface area contributed by atoms with Crippen LogP contribution in [0.5, 0.6) is 5.75 Å². The van der Waals surface area contributed by atoms with Gasteiger partial charge < -0.3 is 25.7 Å². The number of hydrogen-bond donors (Lipinski definition) is 4. The van der Waals surface area contributed by atoms with Crippen LogP contribution in [-0.4, -0.2) is 36.1 Å². The molecule has 0 atom stereocenters. The van der Waals surface area contributed by atoms with Crippen molar-refractivity contribution in [2.75, 3.05) is 25.5 Å². The van der Waals surface area contributed by atoms with Gasteiger partial charge in [0.05, 0.1) is 18.5 Å². The standard InChI is InChI=1S/C22H23N5O2S/c1-29-19-5-3-2-4-15(19)14-23-11-12-26-22(28)20-18(8-13-30-20)27-17-7-10-25-21-16(17)6-9-24-21/h2-10,13,23H,11-12,14H2,1H3,(H,26,28)(H2,24,25,27). The molecule has 0 saturated heterocycles. The molecule has 1 amide bonds. The van der Waals surface area contributed by atoms with Gasteiger partial charge in [-0.1, -0.05) is 18.2 Å². The number of ether oxygens (including phenoxy) is 1. The zero-order valence-electron chi connectivity index (χ0n) is 16.6. The Morgan fingerprint density at radius 3 is 2.93 bits per heavy atom. The van der Waals surface area contributed by atoms with Gasteiger partial charge in [0, 0.05) is 43.0 Å². The number of carbonyl (C=O) groups is 1. The van der Waals surface area contributed by atoms with Crippen molar-refractivity contribution in [2.45, 2.75) is 6.54 Å². The smallest absolute Gasteiger partial charge is 0.263 e. The molecule has 0 spiro atoms. The van der Waals surface area contributed by atoms with Crippen LogP contribution in [0.25, 0.3) is 11.0 Å². The van der Waals surface area contributed by atoms with Gasteiger partial charge in [-0.05, 0) is 29.6 Å². The van der Waals surface area contributed by atoms with E-state index >= 15 is 0 Å². The number of fused-ring (bicyclic) bond motifs is 1. The van der Waals surface area contributed by atoms with Crippen LogP contribution >= 0.6 is 11.3 Å². The third kappa shape index (κ3) is 4.45. The number of nitrogens with zero attached hydrogens (tertiary/aromatic N) is 1. The van der Waals surface area contributed by atoms with Crippen LogP contribution in [0, 0.1) is 0 Å². The summed E-state index contributed by atoms with van der Waals surface area (Å²) in [5, 5.41) is 12.6. The molecule has 1 aromatic carbocycles. The van der Waals surface area contributed by atoms with E-state index in [4.69, 9.17) is 4.74 Å². The van der Waals surface area contributed by atoms with E-state index in [-0.39, 0.29) is 5.91 Å². The minimum absolute atomic E-state index is 0.0917. The van der Waals surface area contributed by atoms with Crippen molar-refractivity contribution in [3.63, 3.8) is 0 Å². The van der Waals surface area contributed by atoms with Crippen molar-refractivity contribution in [1.82, 2.24) is 20.6 Å². The van der Waals surface area contributed by atoms with Crippen LogP contribution in [0.4, 0.5) is 11.4 Å². The first-order valence-electron chi connectivity index (χ1n) is 9.63. The van der Waals surface area contributed by atoms with Gasteiger partial charge in [0.25, 0.3) is 5.91 Å². The number of aromatic nitrogens is 2. The van der Waals surface area contributed by atoms with E-state index in [1.54, 1.807) is 13.3 Å². The van der Waals surface area contributed by atoms with Crippen LogP contribution < -0.4 is 20.7 Å². The SMILES string of the molecule is COc1ccccc1CNCCNC(=O)c1sccc1Nc1ccnc2[nH]ccc12. The molecule has 4 rings (SSSR count). The highest BCUT2D eigenvalue weighted by Gasteiger charge is 2.14. The first-order chi connectivity index (χ1) is 14.8. The Labute approximate surface area is 178 Å². The number of thiophene rings is 1. The zero-order chi connectivity index (χ0) is 20.8. The van der Waals surface area contributed by atoms with Gasteiger partial charge in [-0.25, -0.2) is 4.98 Å². The lowest BCUT2D eigenvalue weighted by atomic mass is 10.2. The quantitative estimate of drug-likeness (QED) is 0.308. The fraction of sp³-hybridized carbons (Fsp3) is 0.182. The predicted molar refractivity (Wildman–Crippen MR) is 121 cm³/mol. The van der Waals surface area contributed by atoms with E-state index in [1.165, 1.54) is 11.3 Å². The van der Waals surface area contributed by atoms with Crippen molar-refractivity contribution in [2.24, 2.45) is 0 Å². The molecule has 3 heterocycles. The maximum atomic E-state index is 12.7. The Bertz CT molecular complexity index is 1140. The lowest BCUT2D eigenvalue weighted by molar-refractivity contribution is 0.0958.